The van der Waals surface area contributed by atoms with Gasteiger partial charge in [-0.05, 0) is 25.0 Å². The van der Waals surface area contributed by atoms with Crippen LogP contribution in [-0.4, -0.2) is 63.0 Å². The SMILES string of the molecule is O=C1NCCN1C1CCN(Cc2cnn(-c3ccccc3)n2)CC1. The third-order valence-electron chi connectivity index (χ3n) is 4.80. The third kappa shape index (κ3) is 3.12. The first-order valence-corrected chi connectivity index (χ1v) is 8.53. The van der Waals surface area contributed by atoms with Crippen molar-refractivity contribution in [2.24, 2.45) is 0 Å². The number of carbonyl (C=O) groups excluding carboxylic acids is 1. The van der Waals surface area contributed by atoms with E-state index in [0.29, 0.717) is 6.04 Å². The minimum Gasteiger partial charge on any atom is -0.336 e. The molecule has 24 heavy (non-hydrogen) atoms. The smallest absolute Gasteiger partial charge is 0.317 e. The van der Waals surface area contributed by atoms with Gasteiger partial charge in [0.05, 0.1) is 17.6 Å². The number of hydrogen-bond donors (Lipinski definition) is 1. The van der Waals surface area contributed by atoms with Crippen molar-refractivity contribution in [3.8, 4) is 5.69 Å². The second-order valence-electron chi connectivity index (χ2n) is 6.39. The molecule has 0 radical (unpaired) electrons. The van der Waals surface area contributed by atoms with Gasteiger partial charge in [0.1, 0.15) is 0 Å². The molecule has 0 spiro atoms. The number of nitrogens with zero attached hydrogens (tertiary/aromatic N) is 5. The highest BCUT2D eigenvalue weighted by atomic mass is 16.2. The van der Waals surface area contributed by atoms with E-state index in [1.54, 1.807) is 4.80 Å². The van der Waals surface area contributed by atoms with Crippen molar-refractivity contribution >= 4 is 6.03 Å². The minimum absolute atomic E-state index is 0.0965. The maximum absolute atomic E-state index is 11.8. The number of nitrogens with one attached hydrogen (secondary N) is 1. The number of para-hydroxylation sites is 1. The van der Waals surface area contributed by atoms with Crippen LogP contribution in [0, 0.1) is 0 Å². The van der Waals surface area contributed by atoms with Crippen LogP contribution in [-0.2, 0) is 6.54 Å². The largest absolute Gasteiger partial charge is 0.336 e. The lowest BCUT2D eigenvalue weighted by Crippen LogP contribution is -2.45. The molecule has 2 aliphatic heterocycles. The van der Waals surface area contributed by atoms with Crippen molar-refractivity contribution in [1.29, 1.82) is 0 Å². The molecule has 0 unspecified atom stereocenters. The van der Waals surface area contributed by atoms with Crippen LogP contribution in [0.2, 0.25) is 0 Å². The lowest BCUT2D eigenvalue weighted by atomic mass is 10.0. The number of rotatable bonds is 4. The molecule has 0 bridgehead atoms. The van der Waals surface area contributed by atoms with E-state index in [2.05, 4.69) is 20.4 Å². The number of amides is 2. The summed E-state index contributed by atoms with van der Waals surface area (Å²) in [5.41, 5.74) is 1.96. The molecule has 0 atom stereocenters. The van der Waals surface area contributed by atoms with Crippen LogP contribution in [0.1, 0.15) is 18.5 Å². The second-order valence-corrected chi connectivity index (χ2v) is 6.39. The summed E-state index contributed by atoms with van der Waals surface area (Å²) in [6.07, 6.45) is 3.90. The predicted octanol–water partition coefficient (Wildman–Crippen LogP) is 1.26. The topological polar surface area (TPSA) is 66.3 Å². The molecule has 1 aromatic heterocycles. The summed E-state index contributed by atoms with van der Waals surface area (Å²) >= 11 is 0. The van der Waals surface area contributed by atoms with E-state index in [1.807, 2.05) is 41.4 Å². The molecule has 1 aromatic carbocycles. The van der Waals surface area contributed by atoms with Crippen LogP contribution >= 0.6 is 0 Å². The second kappa shape index (κ2) is 6.60. The minimum atomic E-state index is 0.0965. The number of aromatic nitrogens is 3. The Bertz CT molecular complexity index is 692. The Kier molecular flexibility index (Phi) is 4.17. The first-order valence-electron chi connectivity index (χ1n) is 8.53. The maximum Gasteiger partial charge on any atom is 0.317 e. The molecule has 3 heterocycles. The zero-order valence-corrected chi connectivity index (χ0v) is 13.6. The third-order valence-corrected chi connectivity index (χ3v) is 4.80. The van der Waals surface area contributed by atoms with Crippen molar-refractivity contribution in [3.63, 3.8) is 0 Å². The van der Waals surface area contributed by atoms with Gasteiger partial charge in [-0.25, -0.2) is 4.79 Å². The van der Waals surface area contributed by atoms with Crippen molar-refractivity contribution in [2.45, 2.75) is 25.4 Å². The van der Waals surface area contributed by atoms with Crippen LogP contribution < -0.4 is 5.32 Å². The van der Waals surface area contributed by atoms with Gasteiger partial charge in [0, 0.05) is 38.8 Å². The monoisotopic (exact) mass is 326 g/mol. The van der Waals surface area contributed by atoms with Gasteiger partial charge < -0.3 is 10.2 Å². The average molecular weight is 326 g/mol. The molecule has 0 aliphatic carbocycles. The fourth-order valence-electron chi connectivity index (χ4n) is 3.51. The summed E-state index contributed by atoms with van der Waals surface area (Å²) in [6.45, 7) is 4.42. The van der Waals surface area contributed by atoms with E-state index in [-0.39, 0.29) is 6.03 Å². The van der Waals surface area contributed by atoms with E-state index in [9.17, 15) is 4.79 Å². The van der Waals surface area contributed by atoms with Crippen molar-refractivity contribution in [2.75, 3.05) is 26.2 Å². The quantitative estimate of drug-likeness (QED) is 0.918. The molecule has 2 aliphatic rings. The molecular formula is C17H22N6O. The summed E-state index contributed by atoms with van der Waals surface area (Å²) < 4.78 is 0. The number of urea groups is 1. The van der Waals surface area contributed by atoms with E-state index in [1.165, 1.54) is 0 Å². The van der Waals surface area contributed by atoms with Crippen LogP contribution in [0.4, 0.5) is 4.79 Å². The van der Waals surface area contributed by atoms with Crippen LogP contribution in [0.15, 0.2) is 36.5 Å². The predicted molar refractivity (Wildman–Crippen MR) is 89.8 cm³/mol. The van der Waals surface area contributed by atoms with E-state index in [4.69, 9.17) is 0 Å². The lowest BCUT2D eigenvalue weighted by Gasteiger charge is -2.35. The fraction of sp³-hybridized carbons (Fsp3) is 0.471. The highest BCUT2D eigenvalue weighted by molar-refractivity contribution is 5.76. The van der Waals surface area contributed by atoms with Crippen molar-refractivity contribution < 1.29 is 4.79 Å². The molecule has 1 N–H and O–H groups in total. The van der Waals surface area contributed by atoms with E-state index >= 15 is 0 Å². The Balaban J connectivity index is 1.33. The average Bonchev–Trinajstić information content (AvgIpc) is 3.26. The zero-order valence-electron chi connectivity index (χ0n) is 13.6. The highest BCUT2D eigenvalue weighted by Gasteiger charge is 2.30. The van der Waals surface area contributed by atoms with Gasteiger partial charge in [0.15, 0.2) is 0 Å². The molecule has 0 saturated carbocycles. The van der Waals surface area contributed by atoms with Crippen molar-refractivity contribution in [1.82, 2.24) is 30.1 Å². The molecular weight excluding hydrogens is 304 g/mol. The van der Waals surface area contributed by atoms with Crippen molar-refractivity contribution in [3.05, 3.63) is 42.2 Å². The molecule has 2 fully saturated rings. The summed E-state index contributed by atoms with van der Waals surface area (Å²) in [6, 6.07) is 10.4. The number of piperidine rings is 1. The fourth-order valence-corrected chi connectivity index (χ4v) is 3.51. The molecule has 2 amide bonds. The zero-order chi connectivity index (χ0) is 16.4. The molecule has 7 nitrogen and oxygen atoms in total. The van der Waals surface area contributed by atoms with Gasteiger partial charge >= 0.3 is 6.03 Å². The Labute approximate surface area is 141 Å². The van der Waals surface area contributed by atoms with Crippen LogP contribution in [0.5, 0.6) is 0 Å². The van der Waals surface area contributed by atoms with Gasteiger partial charge in [-0.2, -0.15) is 15.0 Å². The Hall–Kier alpha value is -2.41. The molecule has 4 rings (SSSR count). The summed E-state index contributed by atoms with van der Waals surface area (Å²) in [5, 5.41) is 11.8. The first kappa shape index (κ1) is 15.1. The molecule has 126 valence electrons. The highest BCUT2D eigenvalue weighted by Crippen LogP contribution is 2.19. The Morgan fingerprint density at radius 2 is 1.92 bits per heavy atom. The number of likely N-dealkylation sites (tertiary alicyclic amines) is 1. The summed E-state index contributed by atoms with van der Waals surface area (Å²) in [7, 11) is 0. The normalized spacial score (nSPS) is 19.7. The van der Waals surface area contributed by atoms with Gasteiger partial charge in [0.2, 0.25) is 0 Å². The summed E-state index contributed by atoms with van der Waals surface area (Å²) in [5.74, 6) is 0. The number of hydrogen-bond acceptors (Lipinski definition) is 4. The van der Waals surface area contributed by atoms with Gasteiger partial charge in [-0.3, -0.25) is 4.90 Å². The Morgan fingerprint density at radius 3 is 2.62 bits per heavy atom. The first-order chi connectivity index (χ1) is 11.8. The molecule has 2 saturated heterocycles. The maximum atomic E-state index is 11.8. The standard InChI is InChI=1S/C17H22N6O/c24-17-18-8-11-22(17)15-6-9-21(10-7-15)13-14-12-19-23(20-14)16-4-2-1-3-5-16/h1-5,12,15H,6-11,13H2,(H,18,24). The van der Waals surface area contributed by atoms with Crippen LogP contribution in [0.25, 0.3) is 5.69 Å². The van der Waals surface area contributed by atoms with Crippen LogP contribution in [0.3, 0.4) is 0 Å². The lowest BCUT2D eigenvalue weighted by molar-refractivity contribution is 0.131. The van der Waals surface area contributed by atoms with Gasteiger partial charge in [-0.15, -0.1) is 0 Å². The molecule has 2 aromatic rings. The van der Waals surface area contributed by atoms with Gasteiger partial charge in [-0.1, -0.05) is 18.2 Å². The van der Waals surface area contributed by atoms with E-state index in [0.717, 1.165) is 56.9 Å². The van der Waals surface area contributed by atoms with Gasteiger partial charge in [0.25, 0.3) is 0 Å². The summed E-state index contributed by atoms with van der Waals surface area (Å²) in [4.78, 5) is 17.8. The van der Waals surface area contributed by atoms with E-state index < -0.39 is 0 Å². The number of carbonyl (C=O) groups is 1. The Morgan fingerprint density at radius 1 is 1.12 bits per heavy atom. The number of benzene rings is 1. The molecule has 7 heteroatoms.